The molecule has 0 aromatic carbocycles. The minimum atomic E-state index is -1.07. The normalized spacial score (nSPS) is 23.3. The van der Waals surface area contributed by atoms with Crippen molar-refractivity contribution in [3.63, 3.8) is 0 Å². The molecule has 0 aliphatic carbocycles. The highest BCUT2D eigenvalue weighted by Gasteiger charge is 2.48. The standard InChI is InChI=1S/C12H15ClN2O3/c1-2-12(11(17)18)4-3-5-15(12)10(16)9-6-8(13)7-14-9/h6-7,14H,2-5H2,1H3,(H,17,18). The number of halogens is 1. The van der Waals surface area contributed by atoms with E-state index in [1.807, 2.05) is 0 Å². The largest absolute Gasteiger partial charge is 0.479 e. The predicted octanol–water partition coefficient (Wildman–Crippen LogP) is 2.14. The zero-order valence-electron chi connectivity index (χ0n) is 10.1. The fourth-order valence-electron chi connectivity index (χ4n) is 2.55. The summed E-state index contributed by atoms with van der Waals surface area (Å²) in [7, 11) is 0. The molecular weight excluding hydrogens is 256 g/mol. The first kappa shape index (κ1) is 13.0. The van der Waals surface area contributed by atoms with Crippen LogP contribution in [-0.4, -0.2) is 39.0 Å². The van der Waals surface area contributed by atoms with Gasteiger partial charge in [0.15, 0.2) is 0 Å². The highest BCUT2D eigenvalue weighted by molar-refractivity contribution is 6.31. The molecule has 0 spiro atoms. The van der Waals surface area contributed by atoms with Gasteiger partial charge >= 0.3 is 5.97 Å². The lowest BCUT2D eigenvalue weighted by atomic mass is 9.93. The zero-order chi connectivity index (χ0) is 13.3. The van der Waals surface area contributed by atoms with Crippen LogP contribution in [-0.2, 0) is 4.79 Å². The lowest BCUT2D eigenvalue weighted by Crippen LogP contribution is -2.52. The van der Waals surface area contributed by atoms with Gasteiger partial charge in [-0.15, -0.1) is 0 Å². The Morgan fingerprint density at radius 2 is 2.33 bits per heavy atom. The third-order valence-electron chi connectivity index (χ3n) is 3.60. The van der Waals surface area contributed by atoms with Crippen molar-refractivity contribution in [1.82, 2.24) is 9.88 Å². The third-order valence-corrected chi connectivity index (χ3v) is 3.81. The molecule has 0 radical (unpaired) electrons. The van der Waals surface area contributed by atoms with E-state index in [9.17, 15) is 14.7 Å². The second-order valence-corrected chi connectivity index (χ2v) is 4.92. The van der Waals surface area contributed by atoms with Crippen molar-refractivity contribution in [1.29, 1.82) is 0 Å². The summed E-state index contributed by atoms with van der Waals surface area (Å²) >= 11 is 5.76. The van der Waals surface area contributed by atoms with Gasteiger partial charge in [-0.2, -0.15) is 0 Å². The quantitative estimate of drug-likeness (QED) is 0.884. The molecule has 1 aromatic rings. The van der Waals surface area contributed by atoms with Gasteiger partial charge in [0.05, 0.1) is 5.02 Å². The van der Waals surface area contributed by atoms with E-state index in [-0.39, 0.29) is 5.91 Å². The summed E-state index contributed by atoms with van der Waals surface area (Å²) in [5, 5.41) is 9.84. The van der Waals surface area contributed by atoms with Crippen molar-refractivity contribution < 1.29 is 14.7 Å². The molecule has 5 nitrogen and oxygen atoms in total. The van der Waals surface area contributed by atoms with Crippen molar-refractivity contribution in [2.45, 2.75) is 31.7 Å². The van der Waals surface area contributed by atoms with Crippen LogP contribution in [0.5, 0.6) is 0 Å². The van der Waals surface area contributed by atoms with Gasteiger partial charge in [0.1, 0.15) is 11.2 Å². The van der Waals surface area contributed by atoms with E-state index in [1.165, 1.54) is 17.2 Å². The van der Waals surface area contributed by atoms with Crippen LogP contribution < -0.4 is 0 Å². The molecule has 0 saturated carbocycles. The average molecular weight is 271 g/mol. The molecule has 18 heavy (non-hydrogen) atoms. The highest BCUT2D eigenvalue weighted by Crippen LogP contribution is 2.34. The van der Waals surface area contributed by atoms with Gasteiger partial charge < -0.3 is 15.0 Å². The molecule has 1 unspecified atom stereocenters. The molecule has 1 saturated heterocycles. The lowest BCUT2D eigenvalue weighted by Gasteiger charge is -2.33. The number of carbonyl (C=O) groups is 2. The molecule has 2 heterocycles. The number of nitrogens with one attached hydrogen (secondary N) is 1. The summed E-state index contributed by atoms with van der Waals surface area (Å²) in [5.41, 5.74) is -0.740. The Labute approximate surface area is 110 Å². The van der Waals surface area contributed by atoms with Crippen LogP contribution in [0, 0.1) is 0 Å². The van der Waals surface area contributed by atoms with Crippen LogP contribution in [0.1, 0.15) is 36.7 Å². The van der Waals surface area contributed by atoms with Crippen LogP contribution in [0.25, 0.3) is 0 Å². The van der Waals surface area contributed by atoms with E-state index in [4.69, 9.17) is 11.6 Å². The number of carboxylic acid groups (broad SMARTS) is 1. The molecule has 1 aromatic heterocycles. The molecule has 2 N–H and O–H groups in total. The van der Waals surface area contributed by atoms with Crippen LogP contribution in [0.4, 0.5) is 0 Å². The second-order valence-electron chi connectivity index (χ2n) is 4.48. The van der Waals surface area contributed by atoms with Gasteiger partial charge in [0.25, 0.3) is 5.91 Å². The fourth-order valence-corrected chi connectivity index (χ4v) is 2.72. The maximum absolute atomic E-state index is 12.3. The number of aliphatic carboxylic acids is 1. The molecule has 1 fully saturated rings. The maximum Gasteiger partial charge on any atom is 0.329 e. The summed E-state index contributed by atoms with van der Waals surface area (Å²) in [6.45, 7) is 2.26. The fraction of sp³-hybridized carbons (Fsp3) is 0.500. The molecule has 98 valence electrons. The number of H-pyrrole nitrogens is 1. The topological polar surface area (TPSA) is 73.4 Å². The number of amides is 1. The van der Waals surface area contributed by atoms with Gasteiger partial charge in [0.2, 0.25) is 0 Å². The van der Waals surface area contributed by atoms with E-state index in [0.29, 0.717) is 36.5 Å². The van der Waals surface area contributed by atoms with Crippen LogP contribution in [0.2, 0.25) is 5.02 Å². The number of hydrogen-bond acceptors (Lipinski definition) is 2. The van der Waals surface area contributed by atoms with Gasteiger partial charge in [-0.1, -0.05) is 18.5 Å². The molecule has 1 aliphatic rings. The van der Waals surface area contributed by atoms with Crippen molar-refractivity contribution in [2.24, 2.45) is 0 Å². The first-order valence-corrected chi connectivity index (χ1v) is 6.28. The van der Waals surface area contributed by atoms with Crippen LogP contribution >= 0.6 is 11.6 Å². The first-order chi connectivity index (χ1) is 8.51. The van der Waals surface area contributed by atoms with Crippen molar-refractivity contribution in [3.8, 4) is 0 Å². The summed E-state index contributed by atoms with van der Waals surface area (Å²) in [4.78, 5) is 28.0. The van der Waals surface area contributed by atoms with Crippen molar-refractivity contribution >= 4 is 23.5 Å². The van der Waals surface area contributed by atoms with E-state index >= 15 is 0 Å². The van der Waals surface area contributed by atoms with Crippen molar-refractivity contribution in [3.05, 3.63) is 23.0 Å². The number of aromatic nitrogens is 1. The number of carbonyl (C=O) groups excluding carboxylic acids is 1. The molecule has 6 heteroatoms. The van der Waals surface area contributed by atoms with E-state index in [0.717, 1.165) is 0 Å². The third kappa shape index (κ3) is 1.88. The summed E-state index contributed by atoms with van der Waals surface area (Å²) in [6.07, 6.45) is 3.13. The Morgan fingerprint density at radius 3 is 2.83 bits per heavy atom. The zero-order valence-corrected chi connectivity index (χ0v) is 10.8. The van der Waals surface area contributed by atoms with Gasteiger partial charge in [-0.05, 0) is 25.3 Å². The van der Waals surface area contributed by atoms with Gasteiger partial charge in [-0.25, -0.2) is 4.79 Å². The van der Waals surface area contributed by atoms with E-state index in [2.05, 4.69) is 4.98 Å². The number of likely N-dealkylation sites (tertiary alicyclic amines) is 1. The molecule has 1 aliphatic heterocycles. The molecule has 1 atom stereocenters. The van der Waals surface area contributed by atoms with E-state index < -0.39 is 11.5 Å². The number of aromatic amines is 1. The Kier molecular flexibility index (Phi) is 3.34. The number of rotatable bonds is 3. The number of nitrogens with zero attached hydrogens (tertiary/aromatic N) is 1. The monoisotopic (exact) mass is 270 g/mol. The number of hydrogen-bond donors (Lipinski definition) is 2. The average Bonchev–Trinajstić information content (AvgIpc) is 2.94. The summed E-state index contributed by atoms with van der Waals surface area (Å²) < 4.78 is 0. The van der Waals surface area contributed by atoms with Gasteiger partial charge in [0, 0.05) is 12.7 Å². The summed E-state index contributed by atoms with van der Waals surface area (Å²) in [5.74, 6) is -1.24. The molecular formula is C12H15ClN2O3. The minimum Gasteiger partial charge on any atom is -0.479 e. The second kappa shape index (κ2) is 4.65. The van der Waals surface area contributed by atoms with Gasteiger partial charge in [-0.3, -0.25) is 4.79 Å². The van der Waals surface area contributed by atoms with Crippen molar-refractivity contribution in [2.75, 3.05) is 6.54 Å². The SMILES string of the molecule is CCC1(C(=O)O)CCCN1C(=O)c1cc(Cl)c[nH]1. The Bertz CT molecular complexity index is 485. The lowest BCUT2D eigenvalue weighted by molar-refractivity contribution is -0.148. The number of carboxylic acids is 1. The predicted molar refractivity (Wildman–Crippen MR) is 66.7 cm³/mol. The van der Waals surface area contributed by atoms with Crippen LogP contribution in [0.15, 0.2) is 12.3 Å². The van der Waals surface area contributed by atoms with E-state index in [1.54, 1.807) is 6.92 Å². The smallest absolute Gasteiger partial charge is 0.329 e. The summed E-state index contributed by atoms with van der Waals surface area (Å²) in [6, 6.07) is 1.52. The Morgan fingerprint density at radius 1 is 1.61 bits per heavy atom. The first-order valence-electron chi connectivity index (χ1n) is 5.90. The van der Waals surface area contributed by atoms with Crippen LogP contribution in [0.3, 0.4) is 0 Å². The molecule has 1 amide bonds. The minimum absolute atomic E-state index is 0.302. The molecule has 0 bridgehead atoms. The maximum atomic E-state index is 12.3. The molecule has 2 rings (SSSR count). The Hall–Kier alpha value is -1.49. The highest BCUT2D eigenvalue weighted by atomic mass is 35.5. The Balaban J connectivity index is 2.32.